The van der Waals surface area contributed by atoms with Crippen LogP contribution in [0.5, 0.6) is 0 Å². The van der Waals surface area contributed by atoms with Crippen molar-refractivity contribution in [3.63, 3.8) is 0 Å². The van der Waals surface area contributed by atoms with E-state index < -0.39 is 0 Å². The number of amidine groups is 1. The Labute approximate surface area is 136 Å². The lowest BCUT2D eigenvalue weighted by atomic mass is 10.0. The van der Waals surface area contributed by atoms with Crippen molar-refractivity contribution in [2.75, 3.05) is 7.05 Å². The molecule has 4 nitrogen and oxygen atoms in total. The van der Waals surface area contributed by atoms with Gasteiger partial charge in [-0.3, -0.25) is 4.99 Å². The summed E-state index contributed by atoms with van der Waals surface area (Å²) in [7, 11) is 1.93. The van der Waals surface area contributed by atoms with Gasteiger partial charge in [0.15, 0.2) is 11.7 Å². The van der Waals surface area contributed by atoms with Gasteiger partial charge < -0.3 is 4.90 Å². The molecule has 3 rings (SSSR count). The Morgan fingerprint density at radius 2 is 1.61 bits per heavy atom. The van der Waals surface area contributed by atoms with Gasteiger partial charge >= 0.3 is 0 Å². The van der Waals surface area contributed by atoms with Crippen molar-refractivity contribution in [2.45, 2.75) is 19.4 Å². The smallest absolute Gasteiger partial charge is 0.195 e. The van der Waals surface area contributed by atoms with E-state index in [1.54, 1.807) is 12.4 Å². The first-order chi connectivity index (χ1) is 11.0. The Balaban J connectivity index is 1.84. The molecule has 2 heterocycles. The zero-order valence-electron chi connectivity index (χ0n) is 13.5. The highest BCUT2D eigenvalue weighted by atomic mass is 15.3. The van der Waals surface area contributed by atoms with Crippen LogP contribution in [0.25, 0.3) is 0 Å². The average molecular weight is 302 g/mol. The summed E-state index contributed by atoms with van der Waals surface area (Å²) in [4.78, 5) is 15.4. The largest absolute Gasteiger partial charge is 0.328 e. The minimum absolute atomic E-state index is 0.320. The van der Waals surface area contributed by atoms with E-state index in [2.05, 4.69) is 33.4 Å². The first kappa shape index (κ1) is 15.0. The SMILES string of the molecule is C=C1N(C)C(c2ncc(C#Cc3ccccc3)cn2)=NC1(C)C. The normalized spacial score (nSPS) is 15.9. The molecular formula is C19H18N4. The standard InChI is InChI=1S/C19H18N4/c1-14-19(2,3)22-18(23(14)4)17-20-12-16(13-21-17)11-10-15-8-6-5-7-9-15/h5-9,12-13H,1H2,2-4H3. The third-order valence-electron chi connectivity index (χ3n) is 3.79. The molecule has 0 radical (unpaired) electrons. The molecule has 0 aliphatic carbocycles. The molecule has 2 aromatic rings. The Bertz CT molecular complexity index is 821. The molecule has 0 atom stereocenters. The number of likely N-dealkylation sites (N-methyl/N-ethyl adjacent to an activating group) is 1. The second-order valence-electron chi connectivity index (χ2n) is 5.91. The van der Waals surface area contributed by atoms with Crippen LogP contribution < -0.4 is 0 Å². The van der Waals surface area contributed by atoms with E-state index in [9.17, 15) is 0 Å². The van der Waals surface area contributed by atoms with Crippen LogP contribution in [-0.4, -0.2) is 33.3 Å². The maximum absolute atomic E-state index is 4.66. The van der Waals surface area contributed by atoms with E-state index in [4.69, 9.17) is 0 Å². The quantitative estimate of drug-likeness (QED) is 0.761. The van der Waals surface area contributed by atoms with Gasteiger partial charge in [0.2, 0.25) is 0 Å². The van der Waals surface area contributed by atoms with Crippen LogP contribution in [0.15, 0.2) is 60.0 Å². The van der Waals surface area contributed by atoms with Crippen LogP contribution in [0, 0.1) is 11.8 Å². The van der Waals surface area contributed by atoms with Gasteiger partial charge in [0, 0.05) is 30.7 Å². The van der Waals surface area contributed by atoms with Crippen molar-refractivity contribution in [1.29, 1.82) is 0 Å². The fourth-order valence-corrected chi connectivity index (χ4v) is 2.32. The van der Waals surface area contributed by atoms with Gasteiger partial charge in [0.05, 0.1) is 11.1 Å². The Hall–Kier alpha value is -2.93. The van der Waals surface area contributed by atoms with E-state index in [1.165, 1.54) is 0 Å². The zero-order chi connectivity index (χ0) is 16.4. The summed E-state index contributed by atoms with van der Waals surface area (Å²) in [6.45, 7) is 8.13. The van der Waals surface area contributed by atoms with Gasteiger partial charge in [-0.25, -0.2) is 9.97 Å². The molecule has 0 bridgehead atoms. The lowest BCUT2D eigenvalue weighted by molar-refractivity contribution is 0.529. The van der Waals surface area contributed by atoms with Crippen molar-refractivity contribution in [3.05, 3.63) is 72.0 Å². The summed E-state index contributed by atoms with van der Waals surface area (Å²) >= 11 is 0. The fourth-order valence-electron chi connectivity index (χ4n) is 2.32. The van der Waals surface area contributed by atoms with Crippen molar-refractivity contribution in [1.82, 2.24) is 14.9 Å². The number of aromatic nitrogens is 2. The Morgan fingerprint density at radius 3 is 2.17 bits per heavy atom. The monoisotopic (exact) mass is 302 g/mol. The van der Waals surface area contributed by atoms with Crippen LogP contribution in [0.3, 0.4) is 0 Å². The van der Waals surface area contributed by atoms with Gasteiger partial charge in [0.25, 0.3) is 0 Å². The Kier molecular flexibility index (Phi) is 3.71. The molecule has 0 saturated carbocycles. The number of rotatable bonds is 1. The lowest BCUT2D eigenvalue weighted by Gasteiger charge is -2.20. The highest BCUT2D eigenvalue weighted by molar-refractivity contribution is 5.98. The highest BCUT2D eigenvalue weighted by Gasteiger charge is 2.34. The number of hydrogen-bond acceptors (Lipinski definition) is 4. The number of benzene rings is 1. The molecule has 1 aliphatic heterocycles. The summed E-state index contributed by atoms with van der Waals surface area (Å²) in [5.41, 5.74) is 2.36. The van der Waals surface area contributed by atoms with Gasteiger partial charge in [-0.1, -0.05) is 36.6 Å². The minimum Gasteiger partial charge on any atom is -0.328 e. The van der Waals surface area contributed by atoms with Gasteiger partial charge in [-0.2, -0.15) is 0 Å². The summed E-state index contributed by atoms with van der Waals surface area (Å²) in [6.07, 6.45) is 3.45. The first-order valence-electron chi connectivity index (χ1n) is 7.40. The van der Waals surface area contributed by atoms with E-state index in [1.807, 2.05) is 56.1 Å². The predicted octanol–water partition coefficient (Wildman–Crippen LogP) is 2.86. The summed E-state index contributed by atoms with van der Waals surface area (Å²) in [5, 5.41) is 0. The molecule has 1 aliphatic rings. The third kappa shape index (κ3) is 3.00. The Morgan fingerprint density at radius 1 is 1.00 bits per heavy atom. The van der Waals surface area contributed by atoms with Crippen molar-refractivity contribution in [2.24, 2.45) is 4.99 Å². The number of nitrogens with zero attached hydrogens (tertiary/aromatic N) is 4. The van der Waals surface area contributed by atoms with E-state index in [0.29, 0.717) is 5.82 Å². The van der Waals surface area contributed by atoms with Crippen molar-refractivity contribution >= 4 is 5.84 Å². The van der Waals surface area contributed by atoms with E-state index in [0.717, 1.165) is 22.7 Å². The molecule has 114 valence electrons. The molecule has 0 saturated heterocycles. The second kappa shape index (κ2) is 5.69. The van der Waals surface area contributed by atoms with Crippen LogP contribution in [0.4, 0.5) is 0 Å². The maximum atomic E-state index is 4.66. The van der Waals surface area contributed by atoms with Gasteiger partial charge in [-0.15, -0.1) is 0 Å². The zero-order valence-corrected chi connectivity index (χ0v) is 13.5. The van der Waals surface area contributed by atoms with E-state index in [-0.39, 0.29) is 5.54 Å². The summed E-state index contributed by atoms with van der Waals surface area (Å²) in [6, 6.07) is 9.84. The topological polar surface area (TPSA) is 41.4 Å². The van der Waals surface area contributed by atoms with Gasteiger partial charge in [-0.05, 0) is 26.0 Å². The first-order valence-corrected chi connectivity index (χ1v) is 7.40. The van der Waals surface area contributed by atoms with Gasteiger partial charge in [0.1, 0.15) is 0 Å². The van der Waals surface area contributed by atoms with Crippen LogP contribution >= 0.6 is 0 Å². The molecule has 1 aromatic carbocycles. The van der Waals surface area contributed by atoms with Crippen LogP contribution in [0.1, 0.15) is 30.8 Å². The maximum Gasteiger partial charge on any atom is 0.195 e. The summed E-state index contributed by atoms with van der Waals surface area (Å²) in [5.74, 6) is 7.49. The van der Waals surface area contributed by atoms with Crippen LogP contribution in [-0.2, 0) is 0 Å². The molecule has 23 heavy (non-hydrogen) atoms. The fraction of sp³-hybridized carbons (Fsp3) is 0.211. The molecule has 0 N–H and O–H groups in total. The molecule has 4 heteroatoms. The number of aliphatic imine (C=N–C) groups is 1. The summed E-state index contributed by atoms with van der Waals surface area (Å²) < 4.78 is 0. The molecule has 0 amide bonds. The molecular weight excluding hydrogens is 284 g/mol. The second-order valence-corrected chi connectivity index (χ2v) is 5.91. The molecule has 0 unspecified atom stereocenters. The average Bonchev–Trinajstić information content (AvgIpc) is 2.78. The van der Waals surface area contributed by atoms with Crippen molar-refractivity contribution in [3.8, 4) is 11.8 Å². The highest BCUT2D eigenvalue weighted by Crippen LogP contribution is 2.30. The minimum atomic E-state index is -0.320. The third-order valence-corrected chi connectivity index (χ3v) is 3.79. The molecule has 0 spiro atoms. The predicted molar refractivity (Wildman–Crippen MR) is 92.0 cm³/mol. The molecule has 0 fully saturated rings. The van der Waals surface area contributed by atoms with E-state index >= 15 is 0 Å². The lowest BCUT2D eigenvalue weighted by Crippen LogP contribution is -2.26. The van der Waals surface area contributed by atoms with Crippen LogP contribution in [0.2, 0.25) is 0 Å². The number of hydrogen-bond donors (Lipinski definition) is 0. The molecule has 1 aromatic heterocycles. The van der Waals surface area contributed by atoms with Crippen molar-refractivity contribution < 1.29 is 0 Å².